The van der Waals surface area contributed by atoms with Crippen LogP contribution in [0.2, 0.25) is 0 Å². The van der Waals surface area contributed by atoms with Gasteiger partial charge in [0, 0.05) is 42.9 Å². The van der Waals surface area contributed by atoms with Gasteiger partial charge in [-0.15, -0.1) is 0 Å². The lowest BCUT2D eigenvalue weighted by atomic mass is 10.0. The molecule has 1 unspecified atom stereocenters. The topological polar surface area (TPSA) is 19.4 Å². The molecule has 3 nitrogen and oxygen atoms in total. The lowest BCUT2D eigenvalue weighted by Crippen LogP contribution is -2.47. The molecule has 0 bridgehead atoms. The van der Waals surface area contributed by atoms with Crippen molar-refractivity contribution in [3.63, 3.8) is 0 Å². The van der Waals surface area contributed by atoms with Gasteiger partial charge >= 0.3 is 0 Å². The first-order chi connectivity index (χ1) is 10.8. The van der Waals surface area contributed by atoms with E-state index in [4.69, 9.17) is 0 Å². The third-order valence-corrected chi connectivity index (χ3v) is 4.83. The molecule has 116 valence electrons. The fourth-order valence-corrected chi connectivity index (χ4v) is 3.43. The number of pyridine rings is 1. The fraction of sp³-hybridized carbons (Fsp3) is 0.389. The maximum Gasteiger partial charge on any atom is 0.128 e. The van der Waals surface area contributed by atoms with Crippen molar-refractivity contribution < 1.29 is 0 Å². The molecular weight excluding hydrogens is 338 g/mol. The molecule has 1 aliphatic rings. The van der Waals surface area contributed by atoms with Crippen LogP contribution < -0.4 is 4.90 Å². The number of anilines is 1. The fourth-order valence-electron chi connectivity index (χ4n) is 3.20. The van der Waals surface area contributed by atoms with Crippen LogP contribution in [0.3, 0.4) is 0 Å². The summed E-state index contributed by atoms with van der Waals surface area (Å²) in [6, 6.07) is 15.5. The Balaban J connectivity index is 1.64. The predicted octanol–water partition coefficient (Wildman–Crippen LogP) is 4.12. The molecule has 0 spiro atoms. The molecule has 1 atom stereocenters. The minimum Gasteiger partial charge on any atom is -0.354 e. The summed E-state index contributed by atoms with van der Waals surface area (Å²) in [5.74, 6) is 1.08. The summed E-state index contributed by atoms with van der Waals surface area (Å²) in [7, 11) is 0. The molecule has 0 saturated carbocycles. The van der Waals surface area contributed by atoms with Crippen LogP contribution in [0.15, 0.2) is 53.1 Å². The molecule has 1 saturated heterocycles. The summed E-state index contributed by atoms with van der Waals surface area (Å²) in [6.45, 7) is 6.53. The molecule has 1 aromatic heterocycles. The van der Waals surface area contributed by atoms with E-state index >= 15 is 0 Å². The lowest BCUT2D eigenvalue weighted by Gasteiger charge is -2.39. The van der Waals surface area contributed by atoms with Crippen molar-refractivity contribution in [3.8, 4) is 0 Å². The highest BCUT2D eigenvalue weighted by molar-refractivity contribution is 9.10. The maximum absolute atomic E-state index is 4.51. The van der Waals surface area contributed by atoms with Crippen molar-refractivity contribution >= 4 is 21.7 Å². The van der Waals surface area contributed by atoms with Crippen molar-refractivity contribution in [3.05, 3.63) is 58.7 Å². The van der Waals surface area contributed by atoms with Gasteiger partial charge in [0.2, 0.25) is 0 Å². The number of aromatic nitrogens is 1. The third-order valence-electron chi connectivity index (χ3n) is 4.36. The van der Waals surface area contributed by atoms with E-state index in [0.717, 1.165) is 42.9 Å². The van der Waals surface area contributed by atoms with Gasteiger partial charge < -0.3 is 4.90 Å². The SMILES string of the molecule is CCC(c1ccccc1)N1CCN(c2ccc(Br)cn2)CC1. The predicted molar refractivity (Wildman–Crippen MR) is 95.2 cm³/mol. The molecule has 2 aromatic rings. The standard InChI is InChI=1S/C18H22BrN3/c1-2-17(15-6-4-3-5-7-15)21-10-12-22(13-11-21)18-9-8-16(19)14-20-18/h3-9,14,17H,2,10-13H2,1H3. The Labute approximate surface area is 141 Å². The average molecular weight is 360 g/mol. The summed E-state index contributed by atoms with van der Waals surface area (Å²) >= 11 is 3.44. The van der Waals surface area contributed by atoms with Gasteiger partial charge in [-0.25, -0.2) is 4.98 Å². The molecule has 4 heteroatoms. The second-order valence-electron chi connectivity index (χ2n) is 5.69. The molecule has 1 aliphatic heterocycles. The lowest BCUT2D eigenvalue weighted by molar-refractivity contribution is 0.181. The minimum absolute atomic E-state index is 0.529. The zero-order valence-electron chi connectivity index (χ0n) is 13.0. The van der Waals surface area contributed by atoms with Crippen LogP contribution in [0.1, 0.15) is 24.9 Å². The second kappa shape index (κ2) is 7.25. The number of hydrogen-bond donors (Lipinski definition) is 0. The summed E-state index contributed by atoms with van der Waals surface area (Å²) < 4.78 is 1.03. The zero-order chi connectivity index (χ0) is 15.4. The second-order valence-corrected chi connectivity index (χ2v) is 6.61. The van der Waals surface area contributed by atoms with E-state index < -0.39 is 0 Å². The van der Waals surface area contributed by atoms with Crippen LogP contribution in [-0.4, -0.2) is 36.1 Å². The van der Waals surface area contributed by atoms with Crippen molar-refractivity contribution in [2.45, 2.75) is 19.4 Å². The van der Waals surface area contributed by atoms with Gasteiger partial charge in [-0.2, -0.15) is 0 Å². The van der Waals surface area contributed by atoms with Gasteiger partial charge in [-0.3, -0.25) is 4.90 Å². The van der Waals surface area contributed by atoms with Crippen molar-refractivity contribution in [2.75, 3.05) is 31.1 Å². The number of halogens is 1. The number of piperazine rings is 1. The first-order valence-electron chi connectivity index (χ1n) is 7.93. The molecule has 1 aromatic carbocycles. The normalized spacial score (nSPS) is 17.5. The number of benzene rings is 1. The Morgan fingerprint density at radius 1 is 1.05 bits per heavy atom. The molecule has 0 amide bonds. The van der Waals surface area contributed by atoms with Crippen LogP contribution in [0.25, 0.3) is 0 Å². The van der Waals surface area contributed by atoms with E-state index in [1.807, 2.05) is 6.20 Å². The highest BCUT2D eigenvalue weighted by Crippen LogP contribution is 2.26. The Hall–Kier alpha value is -1.39. The molecule has 1 fully saturated rings. The molecule has 0 radical (unpaired) electrons. The molecule has 2 heterocycles. The van der Waals surface area contributed by atoms with E-state index in [9.17, 15) is 0 Å². The number of rotatable bonds is 4. The van der Waals surface area contributed by atoms with Crippen LogP contribution in [-0.2, 0) is 0 Å². The summed E-state index contributed by atoms with van der Waals surface area (Å²) in [5.41, 5.74) is 1.43. The Morgan fingerprint density at radius 2 is 1.77 bits per heavy atom. The molecule has 0 N–H and O–H groups in total. The highest BCUT2D eigenvalue weighted by Gasteiger charge is 2.24. The quantitative estimate of drug-likeness (QED) is 0.818. The van der Waals surface area contributed by atoms with Gasteiger partial charge in [0.25, 0.3) is 0 Å². The van der Waals surface area contributed by atoms with Crippen LogP contribution in [0.5, 0.6) is 0 Å². The largest absolute Gasteiger partial charge is 0.354 e. The van der Waals surface area contributed by atoms with Crippen molar-refractivity contribution in [2.24, 2.45) is 0 Å². The third kappa shape index (κ3) is 3.50. The van der Waals surface area contributed by atoms with Gasteiger partial charge in [0.05, 0.1) is 0 Å². The molecule has 3 rings (SSSR count). The van der Waals surface area contributed by atoms with Crippen LogP contribution in [0, 0.1) is 0 Å². The average Bonchev–Trinajstić information content (AvgIpc) is 2.58. The van der Waals surface area contributed by atoms with Gasteiger partial charge in [-0.05, 0) is 40.0 Å². The first kappa shape index (κ1) is 15.5. The summed E-state index contributed by atoms with van der Waals surface area (Å²) in [6.07, 6.45) is 3.03. The van der Waals surface area contributed by atoms with Gasteiger partial charge in [0.15, 0.2) is 0 Å². The van der Waals surface area contributed by atoms with Gasteiger partial charge in [-0.1, -0.05) is 37.3 Å². The van der Waals surface area contributed by atoms with Crippen molar-refractivity contribution in [1.29, 1.82) is 0 Å². The number of nitrogens with zero attached hydrogens (tertiary/aromatic N) is 3. The van der Waals surface area contributed by atoms with Crippen LogP contribution in [0.4, 0.5) is 5.82 Å². The summed E-state index contributed by atoms with van der Waals surface area (Å²) in [5, 5.41) is 0. The maximum atomic E-state index is 4.51. The highest BCUT2D eigenvalue weighted by atomic mass is 79.9. The summed E-state index contributed by atoms with van der Waals surface area (Å²) in [4.78, 5) is 9.49. The number of hydrogen-bond acceptors (Lipinski definition) is 3. The molecule has 0 aliphatic carbocycles. The zero-order valence-corrected chi connectivity index (χ0v) is 14.5. The minimum atomic E-state index is 0.529. The molecular formula is C18H22BrN3. The Bertz CT molecular complexity index is 577. The van der Waals surface area contributed by atoms with Gasteiger partial charge in [0.1, 0.15) is 5.82 Å². The van der Waals surface area contributed by atoms with E-state index in [2.05, 4.69) is 80.1 Å². The van der Waals surface area contributed by atoms with E-state index in [-0.39, 0.29) is 0 Å². The van der Waals surface area contributed by atoms with E-state index in [1.54, 1.807) is 0 Å². The van der Waals surface area contributed by atoms with Crippen LogP contribution >= 0.6 is 15.9 Å². The van der Waals surface area contributed by atoms with E-state index in [1.165, 1.54) is 5.56 Å². The monoisotopic (exact) mass is 359 g/mol. The van der Waals surface area contributed by atoms with Crippen molar-refractivity contribution in [1.82, 2.24) is 9.88 Å². The first-order valence-corrected chi connectivity index (χ1v) is 8.72. The Morgan fingerprint density at radius 3 is 2.36 bits per heavy atom. The molecule has 22 heavy (non-hydrogen) atoms. The van der Waals surface area contributed by atoms with E-state index in [0.29, 0.717) is 6.04 Å². The smallest absolute Gasteiger partial charge is 0.128 e. The Kier molecular flexibility index (Phi) is 5.11.